The molecule has 6 nitrogen and oxygen atoms in total. The van der Waals surface area contributed by atoms with Crippen LogP contribution in [-0.2, 0) is 4.79 Å². The molecule has 5 N–H and O–H groups in total. The Morgan fingerprint density at radius 2 is 1.91 bits per heavy atom. The minimum absolute atomic E-state index is 0.130. The second-order valence-corrected chi connectivity index (χ2v) is 4.92. The second kappa shape index (κ2) is 6.15. The molecular formula is C17H15N5O. The van der Waals surface area contributed by atoms with Gasteiger partial charge in [0, 0.05) is 16.6 Å². The summed E-state index contributed by atoms with van der Waals surface area (Å²) in [5.74, 6) is -0.130. The van der Waals surface area contributed by atoms with Crippen molar-refractivity contribution in [1.82, 2.24) is 10.3 Å². The largest absolute Gasteiger partial charge is 0.398 e. The molecular weight excluding hydrogens is 290 g/mol. The van der Waals surface area contributed by atoms with E-state index in [0.717, 1.165) is 11.3 Å². The van der Waals surface area contributed by atoms with Crippen LogP contribution in [-0.4, -0.2) is 17.4 Å². The number of hydrogen-bond donors (Lipinski definition) is 4. The van der Waals surface area contributed by atoms with Crippen LogP contribution in [0.25, 0.3) is 22.2 Å². The number of pyridine rings is 1. The van der Waals surface area contributed by atoms with Gasteiger partial charge < -0.3 is 11.1 Å². The molecule has 114 valence electrons. The van der Waals surface area contributed by atoms with Crippen molar-refractivity contribution in [2.75, 3.05) is 11.1 Å². The number of carbonyl (C=O) groups excluding carboxylic acids is 1. The Morgan fingerprint density at radius 3 is 2.65 bits per heavy atom. The summed E-state index contributed by atoms with van der Waals surface area (Å²) >= 11 is 0. The van der Waals surface area contributed by atoms with Crippen molar-refractivity contribution in [1.29, 1.82) is 5.41 Å². The number of guanidine groups is 1. The van der Waals surface area contributed by atoms with Crippen LogP contribution in [0.15, 0.2) is 54.6 Å². The Labute approximate surface area is 132 Å². The third kappa shape index (κ3) is 2.96. The Morgan fingerprint density at radius 1 is 1.13 bits per heavy atom. The zero-order chi connectivity index (χ0) is 16.2. The molecule has 1 aromatic heterocycles. The van der Waals surface area contributed by atoms with E-state index in [2.05, 4.69) is 15.6 Å². The van der Waals surface area contributed by atoms with E-state index >= 15 is 0 Å². The number of anilines is 2. The first-order valence-corrected chi connectivity index (χ1v) is 6.99. The van der Waals surface area contributed by atoms with E-state index < -0.39 is 0 Å². The minimum atomic E-state index is -0.130. The first-order valence-electron chi connectivity index (χ1n) is 6.99. The van der Waals surface area contributed by atoms with E-state index in [-0.39, 0.29) is 5.96 Å². The van der Waals surface area contributed by atoms with Crippen LogP contribution in [0, 0.1) is 5.41 Å². The Hall–Kier alpha value is -3.41. The van der Waals surface area contributed by atoms with Crippen LogP contribution in [0.1, 0.15) is 0 Å². The zero-order valence-electron chi connectivity index (χ0n) is 12.2. The summed E-state index contributed by atoms with van der Waals surface area (Å²) in [6, 6.07) is 17.0. The first-order chi connectivity index (χ1) is 11.2. The van der Waals surface area contributed by atoms with E-state index in [1.807, 2.05) is 48.5 Å². The molecule has 0 radical (unpaired) electrons. The van der Waals surface area contributed by atoms with Gasteiger partial charge >= 0.3 is 0 Å². The summed E-state index contributed by atoms with van der Waals surface area (Å²) in [5, 5.41) is 13.6. The molecule has 23 heavy (non-hydrogen) atoms. The molecule has 0 atom stereocenters. The normalized spacial score (nSPS) is 10.3. The van der Waals surface area contributed by atoms with Gasteiger partial charge in [0.15, 0.2) is 5.96 Å². The number of nitrogens with two attached hydrogens (primary N) is 1. The molecule has 1 heterocycles. The minimum Gasteiger partial charge on any atom is -0.398 e. The van der Waals surface area contributed by atoms with Gasteiger partial charge in [0.05, 0.1) is 16.9 Å². The monoisotopic (exact) mass is 305 g/mol. The van der Waals surface area contributed by atoms with Gasteiger partial charge in [0.2, 0.25) is 6.41 Å². The molecule has 2 aromatic carbocycles. The first kappa shape index (κ1) is 14.5. The van der Waals surface area contributed by atoms with E-state index in [9.17, 15) is 4.79 Å². The van der Waals surface area contributed by atoms with E-state index in [1.54, 1.807) is 6.07 Å². The molecule has 0 fully saturated rings. The molecule has 0 saturated heterocycles. The summed E-state index contributed by atoms with van der Waals surface area (Å²) < 4.78 is 0. The summed E-state index contributed by atoms with van der Waals surface area (Å²) in [4.78, 5) is 15.1. The highest BCUT2D eigenvalue weighted by Gasteiger charge is 2.11. The summed E-state index contributed by atoms with van der Waals surface area (Å²) in [6.07, 6.45) is 0.445. The standard InChI is InChI=1S/C17H15N5O/c18-12-7-4-8-13-16(12)15(22-17(19)20-10-23)9-14(21-13)11-5-2-1-3-6-11/h1-10H,18H2,(H3,19,20,21,22,23). The molecule has 0 unspecified atom stereocenters. The number of nitrogens with one attached hydrogen (secondary N) is 3. The maximum atomic E-state index is 10.5. The predicted octanol–water partition coefficient (Wildman–Crippen LogP) is 2.58. The maximum Gasteiger partial charge on any atom is 0.213 e. The van der Waals surface area contributed by atoms with Gasteiger partial charge in [-0.05, 0) is 18.2 Å². The molecule has 3 rings (SSSR count). The number of amides is 1. The third-order valence-electron chi connectivity index (χ3n) is 3.40. The number of carbonyl (C=O) groups is 1. The summed E-state index contributed by atoms with van der Waals surface area (Å²) in [7, 11) is 0. The highest BCUT2D eigenvalue weighted by Crippen LogP contribution is 2.31. The lowest BCUT2D eigenvalue weighted by Crippen LogP contribution is -2.28. The number of aromatic nitrogens is 1. The molecule has 6 heteroatoms. The van der Waals surface area contributed by atoms with Crippen LogP contribution in [0.5, 0.6) is 0 Å². The van der Waals surface area contributed by atoms with E-state index in [1.165, 1.54) is 0 Å². The second-order valence-electron chi connectivity index (χ2n) is 4.92. The fourth-order valence-corrected chi connectivity index (χ4v) is 2.40. The van der Waals surface area contributed by atoms with Crippen LogP contribution in [0.2, 0.25) is 0 Å². The predicted molar refractivity (Wildman–Crippen MR) is 92.1 cm³/mol. The SMILES string of the molecule is N=C(NC=O)Nc1cc(-c2ccccc2)nc2cccc(N)c12. The van der Waals surface area contributed by atoms with Crippen molar-refractivity contribution in [2.24, 2.45) is 0 Å². The van der Waals surface area contributed by atoms with Crippen LogP contribution in [0.4, 0.5) is 11.4 Å². The fourth-order valence-electron chi connectivity index (χ4n) is 2.40. The zero-order valence-corrected chi connectivity index (χ0v) is 12.2. The lowest BCUT2D eigenvalue weighted by atomic mass is 10.1. The number of rotatable bonds is 3. The lowest BCUT2D eigenvalue weighted by molar-refractivity contribution is -0.108. The van der Waals surface area contributed by atoms with Crippen LogP contribution >= 0.6 is 0 Å². The van der Waals surface area contributed by atoms with Gasteiger partial charge in [-0.15, -0.1) is 0 Å². The van der Waals surface area contributed by atoms with Crippen molar-refractivity contribution >= 4 is 34.6 Å². The average Bonchev–Trinajstić information content (AvgIpc) is 2.55. The molecule has 0 spiro atoms. The number of nitrogens with zero attached hydrogens (tertiary/aromatic N) is 1. The lowest BCUT2D eigenvalue weighted by Gasteiger charge is -2.13. The number of benzene rings is 2. The molecule has 1 amide bonds. The number of fused-ring (bicyclic) bond motifs is 1. The Kier molecular flexibility index (Phi) is 3.88. The fraction of sp³-hybridized carbons (Fsp3) is 0. The smallest absolute Gasteiger partial charge is 0.213 e. The quantitative estimate of drug-likeness (QED) is 0.258. The van der Waals surface area contributed by atoms with Crippen molar-refractivity contribution in [3.8, 4) is 11.3 Å². The molecule has 0 saturated carbocycles. The molecule has 0 bridgehead atoms. The summed E-state index contributed by atoms with van der Waals surface area (Å²) in [5.41, 5.74) is 9.65. The number of hydrogen-bond acceptors (Lipinski definition) is 4. The third-order valence-corrected chi connectivity index (χ3v) is 3.40. The Balaban J connectivity index is 2.18. The van der Waals surface area contributed by atoms with Crippen molar-refractivity contribution < 1.29 is 4.79 Å². The van der Waals surface area contributed by atoms with Gasteiger partial charge in [-0.1, -0.05) is 36.4 Å². The van der Waals surface area contributed by atoms with Crippen LogP contribution < -0.4 is 16.4 Å². The van der Waals surface area contributed by atoms with Crippen molar-refractivity contribution in [3.63, 3.8) is 0 Å². The van der Waals surface area contributed by atoms with E-state index in [4.69, 9.17) is 11.1 Å². The highest BCUT2D eigenvalue weighted by atomic mass is 16.1. The van der Waals surface area contributed by atoms with Gasteiger partial charge in [0.1, 0.15) is 0 Å². The topological polar surface area (TPSA) is 104 Å². The molecule has 0 aliphatic rings. The van der Waals surface area contributed by atoms with Gasteiger partial charge in [0.25, 0.3) is 0 Å². The molecule has 0 aliphatic carbocycles. The van der Waals surface area contributed by atoms with Gasteiger partial charge in [-0.2, -0.15) is 0 Å². The maximum absolute atomic E-state index is 10.5. The highest BCUT2D eigenvalue weighted by molar-refractivity contribution is 6.08. The van der Waals surface area contributed by atoms with Gasteiger partial charge in [-0.3, -0.25) is 15.5 Å². The van der Waals surface area contributed by atoms with Crippen LogP contribution in [0.3, 0.4) is 0 Å². The number of nitrogen functional groups attached to an aromatic ring is 1. The van der Waals surface area contributed by atoms with Crippen molar-refractivity contribution in [3.05, 3.63) is 54.6 Å². The summed E-state index contributed by atoms with van der Waals surface area (Å²) in [6.45, 7) is 0. The average molecular weight is 305 g/mol. The van der Waals surface area contributed by atoms with E-state index in [0.29, 0.717) is 28.7 Å². The molecule has 0 aliphatic heterocycles. The molecule has 3 aromatic rings. The van der Waals surface area contributed by atoms with Gasteiger partial charge in [-0.25, -0.2) is 4.98 Å². The van der Waals surface area contributed by atoms with Crippen molar-refractivity contribution in [2.45, 2.75) is 0 Å². The Bertz CT molecular complexity index is 877.